The third-order valence-corrected chi connectivity index (χ3v) is 1.26. The number of aliphatic carboxylic acids is 1. The molecule has 0 amide bonds. The number of benzene rings is 1. The van der Waals surface area contributed by atoms with Gasteiger partial charge >= 0.3 is 5.97 Å². The third-order valence-electron chi connectivity index (χ3n) is 1.26. The van der Waals surface area contributed by atoms with Crippen LogP contribution < -0.4 is 0 Å². The van der Waals surface area contributed by atoms with Crippen molar-refractivity contribution >= 4 is 5.97 Å². The van der Waals surface area contributed by atoms with Gasteiger partial charge in [-0.15, -0.1) is 0 Å². The Labute approximate surface area is 72.8 Å². The quantitative estimate of drug-likeness (QED) is 0.616. The average Bonchev–Trinajstić information content (AvgIpc) is 2.07. The number of hydrogen-bond donors (Lipinski definition) is 1. The standard InChI is InChI=1S/C9H4F2O2/c10-7-3-1-2-6(9(7)11)4-5-8(12)13/h1-3H,(H,12,13). The van der Waals surface area contributed by atoms with Crippen LogP contribution in [0.2, 0.25) is 0 Å². The van der Waals surface area contributed by atoms with Crippen molar-refractivity contribution in [3.63, 3.8) is 0 Å². The van der Waals surface area contributed by atoms with E-state index in [9.17, 15) is 13.6 Å². The predicted octanol–water partition coefficient (Wildman–Crippen LogP) is 1.40. The van der Waals surface area contributed by atoms with E-state index < -0.39 is 17.6 Å². The van der Waals surface area contributed by atoms with Crippen molar-refractivity contribution in [3.05, 3.63) is 35.4 Å². The lowest BCUT2D eigenvalue weighted by molar-refractivity contribution is -0.130. The predicted molar refractivity (Wildman–Crippen MR) is 40.9 cm³/mol. The van der Waals surface area contributed by atoms with Crippen molar-refractivity contribution in [2.75, 3.05) is 0 Å². The Morgan fingerprint density at radius 1 is 1.38 bits per heavy atom. The van der Waals surface area contributed by atoms with Crippen LogP contribution in [0.25, 0.3) is 0 Å². The van der Waals surface area contributed by atoms with Crippen LogP contribution in [0.15, 0.2) is 18.2 Å². The highest BCUT2D eigenvalue weighted by Gasteiger charge is 2.04. The molecular weight excluding hydrogens is 178 g/mol. The molecule has 1 rings (SSSR count). The molecule has 0 unspecified atom stereocenters. The zero-order chi connectivity index (χ0) is 9.84. The first-order valence-electron chi connectivity index (χ1n) is 3.30. The molecule has 1 N–H and O–H groups in total. The van der Waals surface area contributed by atoms with Gasteiger partial charge in [0.15, 0.2) is 11.6 Å². The van der Waals surface area contributed by atoms with Crippen LogP contribution in [0.5, 0.6) is 0 Å². The summed E-state index contributed by atoms with van der Waals surface area (Å²) in [5, 5.41) is 8.15. The van der Waals surface area contributed by atoms with Crippen molar-refractivity contribution < 1.29 is 18.7 Å². The van der Waals surface area contributed by atoms with Crippen molar-refractivity contribution in [1.82, 2.24) is 0 Å². The number of hydrogen-bond acceptors (Lipinski definition) is 1. The summed E-state index contributed by atoms with van der Waals surface area (Å²) in [5.41, 5.74) is -0.262. The van der Waals surface area contributed by atoms with Crippen LogP contribution in [0.3, 0.4) is 0 Å². The van der Waals surface area contributed by atoms with Crippen LogP contribution >= 0.6 is 0 Å². The molecule has 1 aromatic carbocycles. The molecule has 13 heavy (non-hydrogen) atoms. The normalized spacial score (nSPS) is 8.77. The molecular formula is C9H4F2O2. The van der Waals surface area contributed by atoms with E-state index in [-0.39, 0.29) is 5.56 Å². The molecule has 0 aromatic heterocycles. The molecule has 0 radical (unpaired) electrons. The van der Waals surface area contributed by atoms with E-state index in [1.807, 2.05) is 5.92 Å². The maximum absolute atomic E-state index is 12.8. The minimum absolute atomic E-state index is 0.262. The van der Waals surface area contributed by atoms with Gasteiger partial charge in [0.25, 0.3) is 0 Å². The second kappa shape index (κ2) is 3.68. The summed E-state index contributed by atoms with van der Waals surface area (Å²) in [7, 11) is 0. The van der Waals surface area contributed by atoms with Gasteiger partial charge in [-0.2, -0.15) is 0 Å². The molecule has 4 heteroatoms. The van der Waals surface area contributed by atoms with Gasteiger partial charge in [0.1, 0.15) is 0 Å². The molecule has 0 spiro atoms. The fourth-order valence-corrected chi connectivity index (χ4v) is 0.721. The molecule has 0 aliphatic rings. The second-order valence-electron chi connectivity index (χ2n) is 2.16. The fourth-order valence-electron chi connectivity index (χ4n) is 0.721. The van der Waals surface area contributed by atoms with Crippen molar-refractivity contribution in [2.24, 2.45) is 0 Å². The summed E-state index contributed by atoms with van der Waals surface area (Å²) in [5.74, 6) is 0.120. The highest BCUT2D eigenvalue weighted by Crippen LogP contribution is 2.09. The van der Waals surface area contributed by atoms with Crippen LogP contribution in [-0.4, -0.2) is 11.1 Å². The first kappa shape index (κ1) is 9.20. The first-order chi connectivity index (χ1) is 6.11. The molecule has 66 valence electrons. The number of halogens is 2. The van der Waals surface area contributed by atoms with Crippen molar-refractivity contribution in [3.8, 4) is 11.8 Å². The topological polar surface area (TPSA) is 37.3 Å². The van der Waals surface area contributed by atoms with Crippen LogP contribution in [0, 0.1) is 23.5 Å². The van der Waals surface area contributed by atoms with Gasteiger partial charge in [-0.1, -0.05) is 12.0 Å². The van der Waals surface area contributed by atoms with Crippen molar-refractivity contribution in [2.45, 2.75) is 0 Å². The summed E-state index contributed by atoms with van der Waals surface area (Å²) in [6.07, 6.45) is 0. The van der Waals surface area contributed by atoms with E-state index >= 15 is 0 Å². The molecule has 0 heterocycles. The molecule has 0 saturated carbocycles. The van der Waals surface area contributed by atoms with Gasteiger partial charge in [0, 0.05) is 5.92 Å². The molecule has 0 fully saturated rings. The van der Waals surface area contributed by atoms with Crippen molar-refractivity contribution in [1.29, 1.82) is 0 Å². The van der Waals surface area contributed by atoms with E-state index in [4.69, 9.17) is 5.11 Å². The zero-order valence-corrected chi connectivity index (χ0v) is 6.34. The molecule has 0 saturated heterocycles. The lowest BCUT2D eigenvalue weighted by atomic mass is 10.2. The van der Waals surface area contributed by atoms with E-state index in [1.54, 1.807) is 5.92 Å². The van der Waals surface area contributed by atoms with Gasteiger partial charge < -0.3 is 5.11 Å². The Hall–Kier alpha value is -1.89. The Balaban J connectivity index is 3.11. The average molecular weight is 182 g/mol. The van der Waals surface area contributed by atoms with Crippen LogP contribution in [-0.2, 0) is 4.79 Å². The van der Waals surface area contributed by atoms with Gasteiger partial charge in [-0.3, -0.25) is 0 Å². The Kier molecular flexibility index (Phi) is 2.60. The number of carboxylic acids is 1. The highest BCUT2D eigenvalue weighted by atomic mass is 19.2. The Bertz CT molecular complexity index is 402. The fraction of sp³-hybridized carbons (Fsp3) is 0. The zero-order valence-electron chi connectivity index (χ0n) is 6.34. The Morgan fingerprint density at radius 2 is 2.08 bits per heavy atom. The van der Waals surface area contributed by atoms with E-state index in [2.05, 4.69) is 0 Å². The molecule has 0 atom stereocenters. The highest BCUT2D eigenvalue weighted by molar-refractivity contribution is 5.87. The van der Waals surface area contributed by atoms with Crippen LogP contribution in [0.1, 0.15) is 5.56 Å². The van der Waals surface area contributed by atoms with Gasteiger partial charge in [-0.25, -0.2) is 13.6 Å². The van der Waals surface area contributed by atoms with E-state index in [0.717, 1.165) is 6.07 Å². The number of rotatable bonds is 0. The SMILES string of the molecule is O=C(O)C#Cc1cccc(F)c1F. The van der Waals surface area contributed by atoms with Gasteiger partial charge in [0.2, 0.25) is 0 Å². The Morgan fingerprint density at radius 3 is 2.69 bits per heavy atom. The summed E-state index contributed by atoms with van der Waals surface area (Å²) >= 11 is 0. The molecule has 0 bridgehead atoms. The maximum Gasteiger partial charge on any atom is 0.382 e. The summed E-state index contributed by atoms with van der Waals surface area (Å²) in [6.45, 7) is 0. The first-order valence-corrected chi connectivity index (χ1v) is 3.30. The molecule has 0 aliphatic carbocycles. The number of carboxylic acid groups (broad SMARTS) is 1. The third kappa shape index (κ3) is 2.27. The van der Waals surface area contributed by atoms with Gasteiger partial charge in [-0.05, 0) is 12.1 Å². The van der Waals surface area contributed by atoms with E-state index in [0.29, 0.717) is 0 Å². The molecule has 1 aromatic rings. The monoisotopic (exact) mass is 182 g/mol. The number of carbonyl (C=O) groups is 1. The lowest BCUT2D eigenvalue weighted by Crippen LogP contribution is -1.91. The van der Waals surface area contributed by atoms with E-state index in [1.165, 1.54) is 12.1 Å². The van der Waals surface area contributed by atoms with Gasteiger partial charge in [0.05, 0.1) is 5.56 Å². The molecule has 2 nitrogen and oxygen atoms in total. The molecule has 0 aliphatic heterocycles. The smallest absolute Gasteiger partial charge is 0.382 e. The summed E-state index contributed by atoms with van der Waals surface area (Å²) in [4.78, 5) is 9.98. The summed E-state index contributed by atoms with van der Waals surface area (Å²) in [6, 6.07) is 3.39. The largest absolute Gasteiger partial charge is 0.472 e. The maximum atomic E-state index is 12.8. The minimum Gasteiger partial charge on any atom is -0.472 e. The minimum atomic E-state index is -1.39. The van der Waals surface area contributed by atoms with Crippen LogP contribution in [0.4, 0.5) is 8.78 Å². The lowest BCUT2D eigenvalue weighted by Gasteiger charge is -1.93. The second-order valence-corrected chi connectivity index (χ2v) is 2.16. The summed E-state index contributed by atoms with van der Waals surface area (Å²) < 4.78 is 25.3.